The average Bonchev–Trinajstić information content (AvgIpc) is 2.26. The molecule has 0 fully saturated rings. The van der Waals surface area contributed by atoms with Gasteiger partial charge in [0.25, 0.3) is 0 Å². The van der Waals surface area contributed by atoms with Gasteiger partial charge < -0.3 is 15.2 Å². The lowest BCUT2D eigenvalue weighted by Crippen LogP contribution is -2.27. The molecular weight excluding hydrogens is 214 g/mol. The second kappa shape index (κ2) is 5.41. The van der Waals surface area contributed by atoms with Crippen LogP contribution in [0.25, 0.3) is 0 Å². The molecule has 0 aliphatic carbocycles. The van der Waals surface area contributed by atoms with Crippen LogP contribution in [0.3, 0.4) is 0 Å². The Hall–Kier alpha value is -1.22. The average molecular weight is 237 g/mol. The predicted octanol–water partition coefficient (Wildman–Crippen LogP) is 2.74. The molecule has 1 aromatic rings. The summed E-state index contributed by atoms with van der Waals surface area (Å²) in [7, 11) is 1.68. The van der Waals surface area contributed by atoms with Crippen LogP contribution >= 0.6 is 0 Å². The molecular formula is C14H23NO2. The summed E-state index contributed by atoms with van der Waals surface area (Å²) >= 11 is 0. The SMILES string of the molecule is COc1cc(C)cc(C)c1NCC(C)(C)CO. The number of anilines is 1. The zero-order valence-corrected chi connectivity index (χ0v) is 11.4. The van der Waals surface area contributed by atoms with Crippen LogP contribution in [-0.2, 0) is 0 Å². The third-order valence-corrected chi connectivity index (χ3v) is 2.84. The number of aliphatic hydroxyl groups is 1. The molecule has 2 N–H and O–H groups in total. The zero-order valence-electron chi connectivity index (χ0n) is 11.4. The minimum atomic E-state index is -0.137. The van der Waals surface area contributed by atoms with Crippen LogP contribution in [-0.4, -0.2) is 25.4 Å². The summed E-state index contributed by atoms with van der Waals surface area (Å²) in [5.74, 6) is 0.858. The highest BCUT2D eigenvalue weighted by Crippen LogP contribution is 2.30. The molecule has 3 heteroatoms. The zero-order chi connectivity index (χ0) is 13.1. The number of hydrogen-bond donors (Lipinski definition) is 2. The second-order valence-corrected chi connectivity index (χ2v) is 5.33. The van der Waals surface area contributed by atoms with Crippen molar-refractivity contribution >= 4 is 5.69 Å². The van der Waals surface area contributed by atoms with E-state index in [-0.39, 0.29) is 12.0 Å². The highest BCUT2D eigenvalue weighted by Gasteiger charge is 2.17. The third-order valence-electron chi connectivity index (χ3n) is 2.84. The van der Waals surface area contributed by atoms with E-state index in [1.807, 2.05) is 19.9 Å². The van der Waals surface area contributed by atoms with E-state index in [9.17, 15) is 5.11 Å². The molecule has 17 heavy (non-hydrogen) atoms. The number of methoxy groups -OCH3 is 1. The molecule has 0 saturated heterocycles. The summed E-state index contributed by atoms with van der Waals surface area (Å²) in [6.45, 7) is 9.03. The molecule has 0 spiro atoms. The van der Waals surface area contributed by atoms with E-state index in [1.54, 1.807) is 7.11 Å². The van der Waals surface area contributed by atoms with Gasteiger partial charge >= 0.3 is 0 Å². The van der Waals surface area contributed by atoms with Crippen LogP contribution in [0.2, 0.25) is 0 Å². The van der Waals surface area contributed by atoms with Crippen molar-refractivity contribution in [2.24, 2.45) is 5.41 Å². The maximum atomic E-state index is 9.24. The number of hydrogen-bond acceptors (Lipinski definition) is 3. The van der Waals surface area contributed by atoms with Gasteiger partial charge in [-0.2, -0.15) is 0 Å². The van der Waals surface area contributed by atoms with Gasteiger partial charge in [0.05, 0.1) is 12.8 Å². The Kier molecular flexibility index (Phi) is 4.40. The largest absolute Gasteiger partial charge is 0.495 e. The van der Waals surface area contributed by atoms with Gasteiger partial charge in [-0.1, -0.05) is 19.9 Å². The normalized spacial score (nSPS) is 11.4. The Bertz CT molecular complexity index is 386. The Morgan fingerprint density at radius 2 is 1.94 bits per heavy atom. The maximum Gasteiger partial charge on any atom is 0.142 e. The van der Waals surface area contributed by atoms with Crippen LogP contribution in [0.4, 0.5) is 5.69 Å². The van der Waals surface area contributed by atoms with Crippen molar-refractivity contribution in [3.05, 3.63) is 23.3 Å². The Labute approximate surface area is 104 Å². The standard InChI is InChI=1S/C14H23NO2/c1-10-6-11(2)13(12(7-10)17-5)15-8-14(3,4)9-16/h6-7,15-16H,8-9H2,1-5H3. The molecule has 0 bridgehead atoms. The predicted molar refractivity (Wildman–Crippen MR) is 71.8 cm³/mol. The first-order chi connectivity index (χ1) is 7.89. The second-order valence-electron chi connectivity index (χ2n) is 5.33. The number of aryl methyl sites for hydroxylation is 2. The molecule has 0 aromatic heterocycles. The molecule has 1 aromatic carbocycles. The van der Waals surface area contributed by atoms with Gasteiger partial charge in [-0.05, 0) is 31.0 Å². The first kappa shape index (κ1) is 13.8. The lowest BCUT2D eigenvalue weighted by atomic mass is 9.94. The van der Waals surface area contributed by atoms with Gasteiger partial charge in [0.2, 0.25) is 0 Å². The summed E-state index contributed by atoms with van der Waals surface area (Å²) in [5, 5.41) is 12.6. The molecule has 0 heterocycles. The number of aliphatic hydroxyl groups excluding tert-OH is 1. The monoisotopic (exact) mass is 237 g/mol. The highest BCUT2D eigenvalue weighted by atomic mass is 16.5. The summed E-state index contributed by atoms with van der Waals surface area (Å²) in [5.41, 5.74) is 3.23. The summed E-state index contributed by atoms with van der Waals surface area (Å²) in [6.07, 6.45) is 0. The summed E-state index contributed by atoms with van der Waals surface area (Å²) < 4.78 is 5.38. The van der Waals surface area contributed by atoms with Gasteiger partial charge in [-0.3, -0.25) is 0 Å². The number of benzene rings is 1. The Balaban J connectivity index is 2.90. The quantitative estimate of drug-likeness (QED) is 0.827. The molecule has 0 aliphatic rings. The minimum absolute atomic E-state index is 0.137. The first-order valence-corrected chi connectivity index (χ1v) is 5.89. The number of ether oxygens (including phenoxy) is 1. The highest BCUT2D eigenvalue weighted by molar-refractivity contribution is 5.63. The molecule has 1 rings (SSSR count). The third kappa shape index (κ3) is 3.63. The molecule has 96 valence electrons. The molecule has 0 radical (unpaired) electrons. The van der Waals surface area contributed by atoms with Crippen molar-refractivity contribution in [3.8, 4) is 5.75 Å². The van der Waals surface area contributed by atoms with Gasteiger partial charge in [-0.15, -0.1) is 0 Å². The van der Waals surface area contributed by atoms with E-state index >= 15 is 0 Å². The van der Waals surface area contributed by atoms with Gasteiger partial charge in [0.1, 0.15) is 5.75 Å². The van der Waals surface area contributed by atoms with Crippen LogP contribution in [0.15, 0.2) is 12.1 Å². The molecule has 0 saturated carbocycles. The minimum Gasteiger partial charge on any atom is -0.495 e. The molecule has 0 amide bonds. The van der Waals surface area contributed by atoms with E-state index in [4.69, 9.17) is 4.74 Å². The van der Waals surface area contributed by atoms with Crippen molar-refractivity contribution in [2.75, 3.05) is 25.6 Å². The lowest BCUT2D eigenvalue weighted by Gasteiger charge is -2.24. The van der Waals surface area contributed by atoms with Crippen molar-refractivity contribution in [3.63, 3.8) is 0 Å². The van der Waals surface area contributed by atoms with E-state index in [2.05, 4.69) is 25.2 Å². The van der Waals surface area contributed by atoms with Crippen LogP contribution < -0.4 is 10.1 Å². The van der Waals surface area contributed by atoms with Gasteiger partial charge in [-0.25, -0.2) is 0 Å². The Morgan fingerprint density at radius 1 is 1.29 bits per heavy atom. The first-order valence-electron chi connectivity index (χ1n) is 5.89. The smallest absolute Gasteiger partial charge is 0.142 e. The molecule has 0 aliphatic heterocycles. The topological polar surface area (TPSA) is 41.5 Å². The van der Waals surface area contributed by atoms with Crippen molar-refractivity contribution in [1.82, 2.24) is 0 Å². The van der Waals surface area contributed by atoms with Gasteiger partial charge in [0, 0.05) is 18.6 Å². The number of rotatable bonds is 5. The fourth-order valence-electron chi connectivity index (χ4n) is 1.70. The van der Waals surface area contributed by atoms with Crippen molar-refractivity contribution < 1.29 is 9.84 Å². The van der Waals surface area contributed by atoms with E-state index < -0.39 is 0 Å². The van der Waals surface area contributed by atoms with Crippen molar-refractivity contribution in [2.45, 2.75) is 27.7 Å². The van der Waals surface area contributed by atoms with Gasteiger partial charge in [0.15, 0.2) is 0 Å². The molecule has 0 atom stereocenters. The molecule has 3 nitrogen and oxygen atoms in total. The van der Waals surface area contributed by atoms with Crippen LogP contribution in [0.5, 0.6) is 5.75 Å². The number of nitrogens with one attached hydrogen (secondary N) is 1. The van der Waals surface area contributed by atoms with E-state index in [0.717, 1.165) is 17.0 Å². The lowest BCUT2D eigenvalue weighted by molar-refractivity contribution is 0.170. The fourth-order valence-corrected chi connectivity index (χ4v) is 1.70. The summed E-state index contributed by atoms with van der Waals surface area (Å²) in [4.78, 5) is 0. The van der Waals surface area contributed by atoms with Crippen LogP contribution in [0.1, 0.15) is 25.0 Å². The fraction of sp³-hybridized carbons (Fsp3) is 0.571. The van der Waals surface area contributed by atoms with E-state index in [1.165, 1.54) is 5.56 Å². The summed E-state index contributed by atoms with van der Waals surface area (Å²) in [6, 6.07) is 4.14. The van der Waals surface area contributed by atoms with E-state index in [0.29, 0.717) is 6.54 Å². The molecule has 0 unspecified atom stereocenters. The van der Waals surface area contributed by atoms with Crippen molar-refractivity contribution in [1.29, 1.82) is 0 Å². The van der Waals surface area contributed by atoms with Crippen LogP contribution in [0, 0.1) is 19.3 Å². The maximum absolute atomic E-state index is 9.24. The Morgan fingerprint density at radius 3 is 2.47 bits per heavy atom.